The second-order valence-electron chi connectivity index (χ2n) is 3.16. The Bertz CT molecular complexity index is 272. The van der Waals surface area contributed by atoms with Crippen molar-refractivity contribution in [1.82, 2.24) is 0 Å². The molecule has 0 spiro atoms. The molecule has 0 aliphatic rings. The minimum Gasteiger partial charge on any atom is -0.493 e. The Morgan fingerprint density at radius 3 is 1.86 bits per heavy atom. The fraction of sp³-hybridized carbons (Fsp3) is 0.455. The van der Waals surface area contributed by atoms with Crippen LogP contribution in [-0.2, 0) is 0 Å². The number of benzene rings is 1. The summed E-state index contributed by atoms with van der Waals surface area (Å²) >= 11 is 0. The molecule has 1 rings (SSSR count). The van der Waals surface area contributed by atoms with Crippen molar-refractivity contribution in [2.45, 2.75) is 20.0 Å². The van der Waals surface area contributed by atoms with Crippen LogP contribution in [0.2, 0.25) is 0 Å². The topological polar surface area (TPSA) is 27.7 Å². The highest BCUT2D eigenvalue weighted by atomic mass is 16.5. The molecule has 78 valence electrons. The van der Waals surface area contributed by atoms with Crippen LogP contribution >= 0.6 is 0 Å². The summed E-state index contributed by atoms with van der Waals surface area (Å²) in [6.45, 7) is 3.93. The first kappa shape index (κ1) is 10.7. The van der Waals surface area contributed by atoms with Crippen LogP contribution in [0, 0.1) is 0 Å². The standard InChI is InChI=1S/C11H16O3/c1-8(2)14-11-9(12-3)6-5-7-10(11)13-4/h5-8H,1-4H3. The van der Waals surface area contributed by atoms with Gasteiger partial charge in [0.05, 0.1) is 20.3 Å². The van der Waals surface area contributed by atoms with Crippen LogP contribution in [0.5, 0.6) is 17.2 Å². The lowest BCUT2D eigenvalue weighted by atomic mass is 10.3. The molecule has 14 heavy (non-hydrogen) atoms. The zero-order valence-corrected chi connectivity index (χ0v) is 9.03. The van der Waals surface area contributed by atoms with Crippen molar-refractivity contribution in [3.8, 4) is 17.2 Å². The van der Waals surface area contributed by atoms with Crippen LogP contribution in [0.15, 0.2) is 18.2 Å². The van der Waals surface area contributed by atoms with Crippen LogP contribution in [0.3, 0.4) is 0 Å². The van der Waals surface area contributed by atoms with Gasteiger partial charge in [0.25, 0.3) is 0 Å². The van der Waals surface area contributed by atoms with Gasteiger partial charge in [-0.1, -0.05) is 6.07 Å². The lowest BCUT2D eigenvalue weighted by Gasteiger charge is -2.16. The molecule has 0 heterocycles. The molecule has 0 atom stereocenters. The van der Waals surface area contributed by atoms with Crippen LogP contribution < -0.4 is 14.2 Å². The van der Waals surface area contributed by atoms with Crippen LogP contribution in [0.25, 0.3) is 0 Å². The summed E-state index contributed by atoms with van der Waals surface area (Å²) in [6.07, 6.45) is 0.0974. The fourth-order valence-corrected chi connectivity index (χ4v) is 1.17. The third-order valence-corrected chi connectivity index (χ3v) is 1.74. The van der Waals surface area contributed by atoms with E-state index in [1.807, 2.05) is 32.0 Å². The van der Waals surface area contributed by atoms with Crippen LogP contribution in [-0.4, -0.2) is 20.3 Å². The second-order valence-corrected chi connectivity index (χ2v) is 3.16. The van der Waals surface area contributed by atoms with Gasteiger partial charge in [-0.15, -0.1) is 0 Å². The van der Waals surface area contributed by atoms with E-state index in [-0.39, 0.29) is 6.10 Å². The number of hydrogen-bond donors (Lipinski definition) is 0. The minimum absolute atomic E-state index is 0.0974. The Hall–Kier alpha value is -1.38. The van der Waals surface area contributed by atoms with Crippen molar-refractivity contribution in [3.05, 3.63) is 18.2 Å². The zero-order valence-electron chi connectivity index (χ0n) is 9.03. The van der Waals surface area contributed by atoms with Crippen molar-refractivity contribution in [2.24, 2.45) is 0 Å². The minimum atomic E-state index is 0.0974. The molecule has 0 aliphatic heterocycles. The average Bonchev–Trinajstić information content (AvgIpc) is 2.17. The van der Waals surface area contributed by atoms with Crippen molar-refractivity contribution in [2.75, 3.05) is 14.2 Å². The number of rotatable bonds is 4. The molecule has 1 aromatic rings. The molecule has 0 radical (unpaired) electrons. The first-order valence-electron chi connectivity index (χ1n) is 4.56. The van der Waals surface area contributed by atoms with Gasteiger partial charge in [0, 0.05) is 0 Å². The molecule has 0 bridgehead atoms. The Balaban J connectivity index is 3.05. The highest BCUT2D eigenvalue weighted by Gasteiger charge is 2.11. The SMILES string of the molecule is COc1cccc(OC)c1OC(C)C. The maximum Gasteiger partial charge on any atom is 0.203 e. The third kappa shape index (κ3) is 2.31. The van der Waals surface area contributed by atoms with E-state index in [9.17, 15) is 0 Å². The summed E-state index contributed by atoms with van der Waals surface area (Å²) < 4.78 is 16.0. The van der Waals surface area contributed by atoms with Crippen LogP contribution in [0.1, 0.15) is 13.8 Å². The lowest BCUT2D eigenvalue weighted by molar-refractivity contribution is 0.218. The van der Waals surface area contributed by atoms with E-state index < -0.39 is 0 Å². The molecule has 0 N–H and O–H groups in total. The maximum atomic E-state index is 5.61. The molecular weight excluding hydrogens is 180 g/mol. The Morgan fingerprint density at radius 2 is 1.50 bits per heavy atom. The number of methoxy groups -OCH3 is 2. The van der Waals surface area contributed by atoms with E-state index in [0.717, 1.165) is 0 Å². The summed E-state index contributed by atoms with van der Waals surface area (Å²) in [5.74, 6) is 2.05. The Kier molecular flexibility index (Phi) is 3.63. The fourth-order valence-electron chi connectivity index (χ4n) is 1.17. The van der Waals surface area contributed by atoms with Gasteiger partial charge >= 0.3 is 0 Å². The molecule has 0 saturated carbocycles. The van der Waals surface area contributed by atoms with Crippen molar-refractivity contribution >= 4 is 0 Å². The first-order chi connectivity index (χ1) is 6.69. The maximum absolute atomic E-state index is 5.61. The number of hydrogen-bond acceptors (Lipinski definition) is 3. The molecule has 3 nitrogen and oxygen atoms in total. The van der Waals surface area contributed by atoms with Gasteiger partial charge in [-0.25, -0.2) is 0 Å². The highest BCUT2D eigenvalue weighted by Crippen LogP contribution is 2.37. The summed E-state index contributed by atoms with van der Waals surface area (Å²) in [5.41, 5.74) is 0. The van der Waals surface area contributed by atoms with Gasteiger partial charge in [0.1, 0.15) is 0 Å². The molecule has 0 aromatic heterocycles. The number of para-hydroxylation sites is 1. The summed E-state index contributed by atoms with van der Waals surface area (Å²) in [5, 5.41) is 0. The van der Waals surface area contributed by atoms with Crippen molar-refractivity contribution in [1.29, 1.82) is 0 Å². The molecule has 0 aliphatic carbocycles. The predicted molar refractivity (Wildman–Crippen MR) is 55.3 cm³/mol. The largest absolute Gasteiger partial charge is 0.493 e. The summed E-state index contributed by atoms with van der Waals surface area (Å²) in [6, 6.07) is 5.56. The average molecular weight is 196 g/mol. The van der Waals surface area contributed by atoms with Gasteiger partial charge in [0.2, 0.25) is 5.75 Å². The quantitative estimate of drug-likeness (QED) is 0.740. The van der Waals surface area contributed by atoms with E-state index in [2.05, 4.69) is 0 Å². The van der Waals surface area contributed by atoms with E-state index in [0.29, 0.717) is 17.2 Å². The normalized spacial score (nSPS) is 10.1. The molecule has 0 unspecified atom stereocenters. The molecule has 3 heteroatoms. The van der Waals surface area contributed by atoms with Gasteiger partial charge in [-0.3, -0.25) is 0 Å². The molecule has 0 fully saturated rings. The van der Waals surface area contributed by atoms with Gasteiger partial charge in [-0.05, 0) is 26.0 Å². The van der Waals surface area contributed by atoms with E-state index in [4.69, 9.17) is 14.2 Å². The lowest BCUT2D eigenvalue weighted by Crippen LogP contribution is -2.07. The molecule has 1 aromatic carbocycles. The first-order valence-corrected chi connectivity index (χ1v) is 4.56. The highest BCUT2D eigenvalue weighted by molar-refractivity contribution is 5.51. The Labute approximate surface area is 84.6 Å². The van der Waals surface area contributed by atoms with Crippen molar-refractivity contribution in [3.63, 3.8) is 0 Å². The number of ether oxygens (including phenoxy) is 3. The van der Waals surface area contributed by atoms with E-state index >= 15 is 0 Å². The molecular formula is C11H16O3. The van der Waals surface area contributed by atoms with Crippen molar-refractivity contribution < 1.29 is 14.2 Å². The van der Waals surface area contributed by atoms with Gasteiger partial charge < -0.3 is 14.2 Å². The van der Waals surface area contributed by atoms with Gasteiger partial charge in [0.15, 0.2) is 11.5 Å². The predicted octanol–water partition coefficient (Wildman–Crippen LogP) is 2.49. The van der Waals surface area contributed by atoms with Gasteiger partial charge in [-0.2, -0.15) is 0 Å². The van der Waals surface area contributed by atoms with E-state index in [1.165, 1.54) is 0 Å². The summed E-state index contributed by atoms with van der Waals surface area (Å²) in [7, 11) is 3.23. The monoisotopic (exact) mass is 196 g/mol. The van der Waals surface area contributed by atoms with E-state index in [1.54, 1.807) is 14.2 Å². The molecule has 0 amide bonds. The zero-order chi connectivity index (χ0) is 10.6. The molecule has 0 saturated heterocycles. The van der Waals surface area contributed by atoms with Crippen LogP contribution in [0.4, 0.5) is 0 Å². The smallest absolute Gasteiger partial charge is 0.203 e. The summed E-state index contributed by atoms with van der Waals surface area (Å²) in [4.78, 5) is 0. The Morgan fingerprint density at radius 1 is 1.00 bits per heavy atom. The second kappa shape index (κ2) is 4.74. The third-order valence-electron chi connectivity index (χ3n) is 1.74.